The summed E-state index contributed by atoms with van der Waals surface area (Å²) in [6.07, 6.45) is 7.01. The molecule has 0 saturated heterocycles. The SMILES string of the molecule is CCCCCC[C@@](O)(c1ccc(Br)cc1)[C@@H](CNCCCCO)c1ccccc1. The van der Waals surface area contributed by atoms with Gasteiger partial charge in [0.2, 0.25) is 0 Å². The second-order valence-electron chi connectivity index (χ2n) is 7.84. The van der Waals surface area contributed by atoms with Gasteiger partial charge in [-0.2, -0.15) is 0 Å². The van der Waals surface area contributed by atoms with E-state index in [1.165, 1.54) is 12.8 Å². The van der Waals surface area contributed by atoms with Crippen molar-refractivity contribution in [3.8, 4) is 0 Å². The molecular weight excluding hydrogens is 426 g/mol. The molecule has 2 aromatic rings. The Labute approximate surface area is 184 Å². The molecule has 2 rings (SSSR count). The Hall–Kier alpha value is -1.20. The van der Waals surface area contributed by atoms with Crippen LogP contribution in [-0.2, 0) is 5.60 Å². The highest BCUT2D eigenvalue weighted by molar-refractivity contribution is 9.10. The van der Waals surface area contributed by atoms with Crippen molar-refractivity contribution in [1.29, 1.82) is 0 Å². The molecule has 4 heteroatoms. The number of aliphatic hydroxyl groups excluding tert-OH is 1. The minimum atomic E-state index is -0.931. The molecule has 3 N–H and O–H groups in total. The highest BCUT2D eigenvalue weighted by Crippen LogP contribution is 2.41. The fourth-order valence-corrected chi connectivity index (χ4v) is 4.20. The Balaban J connectivity index is 2.29. The van der Waals surface area contributed by atoms with E-state index in [4.69, 9.17) is 5.11 Å². The first-order valence-electron chi connectivity index (χ1n) is 11.0. The van der Waals surface area contributed by atoms with Crippen LogP contribution in [-0.4, -0.2) is 29.9 Å². The first kappa shape index (κ1) is 24.1. The largest absolute Gasteiger partial charge is 0.396 e. The van der Waals surface area contributed by atoms with E-state index in [0.29, 0.717) is 6.54 Å². The Morgan fingerprint density at radius 2 is 1.66 bits per heavy atom. The first-order valence-corrected chi connectivity index (χ1v) is 11.8. The molecule has 0 aliphatic heterocycles. The average Bonchev–Trinajstić information content (AvgIpc) is 2.75. The lowest BCUT2D eigenvalue weighted by molar-refractivity contribution is -0.00407. The standard InChI is InChI=1S/C25H36BrNO2/c1-2-3-4-8-17-25(29,22-13-15-23(26)16-14-22)24(20-27-18-9-10-19-28)21-11-6-5-7-12-21/h5-7,11-16,24,27-29H,2-4,8-10,17-20H2,1H3/t24-,25+/m0/s1. The number of hydrogen-bond acceptors (Lipinski definition) is 3. The van der Waals surface area contributed by atoms with Crippen LogP contribution in [0.4, 0.5) is 0 Å². The summed E-state index contributed by atoms with van der Waals surface area (Å²) in [5.74, 6) is -0.0411. The second kappa shape index (κ2) is 13.2. The number of rotatable bonds is 14. The number of aliphatic hydroxyl groups is 2. The molecule has 0 fully saturated rings. The monoisotopic (exact) mass is 461 g/mol. The molecule has 0 heterocycles. The van der Waals surface area contributed by atoms with E-state index in [0.717, 1.165) is 54.2 Å². The third kappa shape index (κ3) is 7.53. The van der Waals surface area contributed by atoms with Crippen molar-refractivity contribution in [3.05, 3.63) is 70.2 Å². The van der Waals surface area contributed by atoms with Crippen LogP contribution >= 0.6 is 15.9 Å². The predicted molar refractivity (Wildman–Crippen MR) is 125 cm³/mol. The van der Waals surface area contributed by atoms with Crippen LogP contribution in [0, 0.1) is 0 Å². The first-order chi connectivity index (χ1) is 14.1. The summed E-state index contributed by atoms with van der Waals surface area (Å²) in [5, 5.41) is 24.6. The third-order valence-corrected chi connectivity index (χ3v) is 6.17. The van der Waals surface area contributed by atoms with Crippen LogP contribution in [0.5, 0.6) is 0 Å². The maximum Gasteiger partial charge on any atom is 0.0976 e. The number of benzene rings is 2. The van der Waals surface area contributed by atoms with Crippen LogP contribution in [0.3, 0.4) is 0 Å². The molecular formula is C25H36BrNO2. The molecule has 3 nitrogen and oxygen atoms in total. The maximum absolute atomic E-state index is 12.1. The van der Waals surface area contributed by atoms with Gasteiger partial charge < -0.3 is 15.5 Å². The van der Waals surface area contributed by atoms with Crippen molar-refractivity contribution in [3.63, 3.8) is 0 Å². The average molecular weight is 462 g/mol. The van der Waals surface area contributed by atoms with E-state index < -0.39 is 5.60 Å². The van der Waals surface area contributed by atoms with E-state index in [1.807, 2.05) is 42.5 Å². The zero-order valence-corrected chi connectivity index (χ0v) is 19.2. The molecule has 0 spiro atoms. The summed E-state index contributed by atoms with van der Waals surface area (Å²) in [5.41, 5.74) is 1.20. The van der Waals surface area contributed by atoms with Gasteiger partial charge in [0.05, 0.1) is 5.60 Å². The Bertz CT molecular complexity index is 677. The molecule has 0 radical (unpaired) electrons. The highest BCUT2D eigenvalue weighted by atomic mass is 79.9. The lowest BCUT2D eigenvalue weighted by Crippen LogP contribution is -2.40. The van der Waals surface area contributed by atoms with E-state index in [9.17, 15) is 5.11 Å². The van der Waals surface area contributed by atoms with Gasteiger partial charge in [-0.15, -0.1) is 0 Å². The minimum Gasteiger partial charge on any atom is -0.396 e. The Morgan fingerprint density at radius 3 is 2.31 bits per heavy atom. The molecule has 2 aromatic carbocycles. The van der Waals surface area contributed by atoms with Crippen LogP contribution in [0.25, 0.3) is 0 Å². The Kier molecular flexibility index (Phi) is 10.9. The molecule has 160 valence electrons. The van der Waals surface area contributed by atoms with Gasteiger partial charge in [0.15, 0.2) is 0 Å². The third-order valence-electron chi connectivity index (χ3n) is 5.64. The fourth-order valence-electron chi connectivity index (χ4n) is 3.94. The van der Waals surface area contributed by atoms with E-state index in [2.05, 4.69) is 40.3 Å². The van der Waals surface area contributed by atoms with Crippen LogP contribution in [0.1, 0.15) is 68.9 Å². The topological polar surface area (TPSA) is 52.5 Å². The molecule has 0 unspecified atom stereocenters. The van der Waals surface area contributed by atoms with E-state index in [-0.39, 0.29) is 12.5 Å². The zero-order valence-electron chi connectivity index (χ0n) is 17.6. The normalized spacial score (nSPS) is 14.5. The molecule has 0 aliphatic rings. The predicted octanol–water partition coefficient (Wildman–Crippen LogP) is 5.75. The Morgan fingerprint density at radius 1 is 0.931 bits per heavy atom. The van der Waals surface area contributed by atoms with E-state index >= 15 is 0 Å². The summed E-state index contributed by atoms with van der Waals surface area (Å²) in [4.78, 5) is 0. The van der Waals surface area contributed by atoms with Gasteiger partial charge in [-0.25, -0.2) is 0 Å². The second-order valence-corrected chi connectivity index (χ2v) is 8.76. The van der Waals surface area contributed by atoms with Gasteiger partial charge in [-0.3, -0.25) is 0 Å². The van der Waals surface area contributed by atoms with Gasteiger partial charge in [0.25, 0.3) is 0 Å². The van der Waals surface area contributed by atoms with Crippen molar-refractivity contribution < 1.29 is 10.2 Å². The number of nitrogens with one attached hydrogen (secondary N) is 1. The summed E-state index contributed by atoms with van der Waals surface area (Å²) in [6, 6.07) is 18.5. The highest BCUT2D eigenvalue weighted by Gasteiger charge is 2.38. The van der Waals surface area contributed by atoms with Gasteiger partial charge in [0.1, 0.15) is 0 Å². The summed E-state index contributed by atoms with van der Waals surface area (Å²) >= 11 is 3.52. The van der Waals surface area contributed by atoms with E-state index in [1.54, 1.807) is 0 Å². The lowest BCUT2D eigenvalue weighted by atomic mass is 9.74. The van der Waals surface area contributed by atoms with Crippen molar-refractivity contribution >= 4 is 15.9 Å². The van der Waals surface area contributed by atoms with Gasteiger partial charge in [-0.05, 0) is 49.1 Å². The molecule has 0 bridgehead atoms. The van der Waals surface area contributed by atoms with Crippen LogP contribution < -0.4 is 5.32 Å². The van der Waals surface area contributed by atoms with Gasteiger partial charge in [0, 0.05) is 23.5 Å². The molecule has 29 heavy (non-hydrogen) atoms. The van der Waals surface area contributed by atoms with Crippen molar-refractivity contribution in [2.24, 2.45) is 0 Å². The molecule has 0 amide bonds. The van der Waals surface area contributed by atoms with Crippen LogP contribution in [0.2, 0.25) is 0 Å². The van der Waals surface area contributed by atoms with Gasteiger partial charge >= 0.3 is 0 Å². The molecule has 0 saturated carbocycles. The van der Waals surface area contributed by atoms with Crippen LogP contribution in [0.15, 0.2) is 59.1 Å². The lowest BCUT2D eigenvalue weighted by Gasteiger charge is -2.38. The summed E-state index contributed by atoms with van der Waals surface area (Å²) in [6.45, 7) is 3.99. The molecule has 2 atom stereocenters. The van der Waals surface area contributed by atoms with Crippen molar-refractivity contribution in [1.82, 2.24) is 5.32 Å². The van der Waals surface area contributed by atoms with Crippen molar-refractivity contribution in [2.75, 3.05) is 19.7 Å². The zero-order chi connectivity index (χ0) is 21.0. The summed E-state index contributed by atoms with van der Waals surface area (Å²) in [7, 11) is 0. The number of unbranched alkanes of at least 4 members (excludes halogenated alkanes) is 4. The van der Waals surface area contributed by atoms with Crippen molar-refractivity contribution in [2.45, 2.75) is 63.4 Å². The molecule has 0 aromatic heterocycles. The van der Waals surface area contributed by atoms with Gasteiger partial charge in [-0.1, -0.05) is 91.0 Å². The molecule has 0 aliphatic carbocycles. The summed E-state index contributed by atoms with van der Waals surface area (Å²) < 4.78 is 1.02. The number of hydrogen-bond donors (Lipinski definition) is 3. The fraction of sp³-hybridized carbons (Fsp3) is 0.520. The quantitative estimate of drug-likeness (QED) is 0.313. The minimum absolute atomic E-state index is 0.0411. The number of halogens is 1. The smallest absolute Gasteiger partial charge is 0.0976 e. The maximum atomic E-state index is 12.1.